The molecule has 0 unspecified atom stereocenters. The first-order chi connectivity index (χ1) is 15.4. The molecule has 2 aliphatic rings. The minimum absolute atomic E-state index is 0.592. The van der Waals surface area contributed by atoms with E-state index in [-0.39, 0.29) is 0 Å². The molecule has 3 aromatic carbocycles. The van der Waals surface area contributed by atoms with Gasteiger partial charge in [-0.05, 0) is 54.6 Å². The third kappa shape index (κ3) is 4.00. The molecule has 0 N–H and O–H groups in total. The van der Waals surface area contributed by atoms with E-state index in [1.807, 2.05) is 36.4 Å². The Bertz CT molecular complexity index is 1170. The van der Waals surface area contributed by atoms with E-state index in [0.29, 0.717) is 42.7 Å². The van der Waals surface area contributed by atoms with Crippen LogP contribution in [0.25, 0.3) is 0 Å². The van der Waals surface area contributed by atoms with Gasteiger partial charge in [0.2, 0.25) is 0 Å². The molecule has 0 saturated carbocycles. The van der Waals surface area contributed by atoms with Crippen LogP contribution in [0.15, 0.2) is 71.7 Å². The number of rotatable bonds is 1. The summed E-state index contributed by atoms with van der Waals surface area (Å²) in [6, 6.07) is 18.4. The Morgan fingerprint density at radius 1 is 0.812 bits per heavy atom. The zero-order valence-corrected chi connectivity index (χ0v) is 17.7. The first-order valence-corrected chi connectivity index (χ1v) is 10.6. The average molecular weight is 458 g/mol. The molecule has 8 heteroatoms. The summed E-state index contributed by atoms with van der Waals surface area (Å²) in [6.45, 7) is 2.63. The van der Waals surface area contributed by atoms with Crippen LogP contribution < -0.4 is 9.64 Å². The van der Waals surface area contributed by atoms with E-state index in [9.17, 15) is 13.2 Å². The van der Waals surface area contributed by atoms with Crippen LogP contribution in [0.4, 0.5) is 24.5 Å². The minimum atomic E-state index is -4.33. The molecule has 3 aromatic rings. The van der Waals surface area contributed by atoms with E-state index >= 15 is 0 Å². The number of para-hydroxylation sites is 2. The molecule has 0 bridgehead atoms. The van der Waals surface area contributed by atoms with Gasteiger partial charge in [-0.15, -0.1) is 0 Å². The SMILES string of the molecule is FC(F)(F)c1ccc(N2CCN(C3=Nc4ccccc4Oc4ccc(Cl)cc43)CC2)cc1. The maximum absolute atomic E-state index is 12.9. The number of ether oxygens (including phenoxy) is 1. The topological polar surface area (TPSA) is 28.1 Å². The lowest BCUT2D eigenvalue weighted by atomic mass is 10.1. The van der Waals surface area contributed by atoms with Crippen molar-refractivity contribution in [1.82, 2.24) is 4.90 Å². The van der Waals surface area contributed by atoms with Crippen molar-refractivity contribution in [1.29, 1.82) is 0 Å². The van der Waals surface area contributed by atoms with Crippen molar-refractivity contribution < 1.29 is 17.9 Å². The zero-order valence-electron chi connectivity index (χ0n) is 16.9. The summed E-state index contributed by atoms with van der Waals surface area (Å²) in [7, 11) is 0. The predicted octanol–water partition coefficient (Wildman–Crippen LogP) is 6.37. The van der Waals surface area contributed by atoms with Gasteiger partial charge < -0.3 is 14.5 Å². The van der Waals surface area contributed by atoms with Crippen LogP contribution >= 0.6 is 11.6 Å². The van der Waals surface area contributed by atoms with Crippen LogP contribution in [0, 0.1) is 0 Å². The van der Waals surface area contributed by atoms with Crippen LogP contribution in [0.3, 0.4) is 0 Å². The summed E-state index contributed by atoms with van der Waals surface area (Å²) >= 11 is 6.28. The van der Waals surface area contributed by atoms with Crippen LogP contribution in [0.5, 0.6) is 11.5 Å². The predicted molar refractivity (Wildman–Crippen MR) is 119 cm³/mol. The summed E-state index contributed by atoms with van der Waals surface area (Å²) in [5.41, 5.74) is 1.69. The Balaban J connectivity index is 1.40. The van der Waals surface area contributed by atoms with Gasteiger partial charge in [0.25, 0.3) is 0 Å². The summed E-state index contributed by atoms with van der Waals surface area (Å²) < 4.78 is 44.7. The van der Waals surface area contributed by atoms with E-state index < -0.39 is 11.7 Å². The number of anilines is 1. The molecule has 0 spiro atoms. The summed E-state index contributed by atoms with van der Waals surface area (Å²) in [4.78, 5) is 9.15. The van der Waals surface area contributed by atoms with Crippen LogP contribution in [0.1, 0.15) is 11.1 Å². The molecule has 0 atom stereocenters. The van der Waals surface area contributed by atoms with Gasteiger partial charge in [-0.1, -0.05) is 23.7 Å². The van der Waals surface area contributed by atoms with Gasteiger partial charge in [-0.25, -0.2) is 4.99 Å². The number of piperazine rings is 1. The number of benzene rings is 3. The van der Waals surface area contributed by atoms with Gasteiger partial charge in [0.15, 0.2) is 5.75 Å². The molecule has 4 nitrogen and oxygen atoms in total. The Hall–Kier alpha value is -3.19. The minimum Gasteiger partial charge on any atom is -0.454 e. The number of hydrogen-bond donors (Lipinski definition) is 0. The maximum atomic E-state index is 12.9. The first-order valence-electron chi connectivity index (χ1n) is 10.2. The van der Waals surface area contributed by atoms with E-state index in [1.54, 1.807) is 6.07 Å². The van der Waals surface area contributed by atoms with Gasteiger partial charge in [-0.2, -0.15) is 13.2 Å². The average Bonchev–Trinajstić information content (AvgIpc) is 2.95. The van der Waals surface area contributed by atoms with Crippen molar-refractivity contribution in [2.24, 2.45) is 4.99 Å². The molecule has 0 aliphatic carbocycles. The third-order valence-corrected chi connectivity index (χ3v) is 5.87. The summed E-state index contributed by atoms with van der Waals surface area (Å²) in [5.74, 6) is 2.14. The number of halogens is 4. The highest BCUT2D eigenvalue weighted by Crippen LogP contribution is 2.39. The van der Waals surface area contributed by atoms with Crippen molar-refractivity contribution >= 4 is 28.8 Å². The maximum Gasteiger partial charge on any atom is 0.416 e. The summed E-state index contributed by atoms with van der Waals surface area (Å²) in [6.07, 6.45) is -4.33. The zero-order chi connectivity index (χ0) is 22.3. The number of alkyl halides is 3. The van der Waals surface area contributed by atoms with Crippen molar-refractivity contribution in [2.45, 2.75) is 6.18 Å². The van der Waals surface area contributed by atoms with Crippen LogP contribution in [-0.4, -0.2) is 36.9 Å². The largest absolute Gasteiger partial charge is 0.454 e. The monoisotopic (exact) mass is 457 g/mol. The highest BCUT2D eigenvalue weighted by atomic mass is 35.5. The molecule has 2 aliphatic heterocycles. The van der Waals surface area contributed by atoms with Crippen LogP contribution in [0.2, 0.25) is 5.02 Å². The van der Waals surface area contributed by atoms with Gasteiger partial charge in [0.05, 0.1) is 11.1 Å². The van der Waals surface area contributed by atoms with E-state index in [2.05, 4.69) is 9.80 Å². The van der Waals surface area contributed by atoms with Gasteiger partial charge in [0, 0.05) is 36.9 Å². The fourth-order valence-electron chi connectivity index (χ4n) is 3.97. The number of amidine groups is 1. The van der Waals surface area contributed by atoms with Gasteiger partial charge in [0.1, 0.15) is 17.3 Å². The highest BCUT2D eigenvalue weighted by molar-refractivity contribution is 6.31. The molecule has 1 saturated heterocycles. The molecule has 164 valence electrons. The lowest BCUT2D eigenvalue weighted by Gasteiger charge is -2.37. The second-order valence-corrected chi connectivity index (χ2v) is 8.10. The van der Waals surface area contributed by atoms with E-state index in [1.165, 1.54) is 12.1 Å². The number of fused-ring (bicyclic) bond motifs is 2. The number of aliphatic imine (C=N–C) groups is 1. The normalized spacial score (nSPS) is 15.9. The molecule has 1 fully saturated rings. The molecular weight excluding hydrogens is 439 g/mol. The summed E-state index contributed by atoms with van der Waals surface area (Å²) in [5, 5.41) is 0.592. The van der Waals surface area contributed by atoms with E-state index in [4.69, 9.17) is 21.3 Å². The van der Waals surface area contributed by atoms with Gasteiger partial charge >= 0.3 is 6.18 Å². The second kappa shape index (κ2) is 8.06. The van der Waals surface area contributed by atoms with Crippen molar-refractivity contribution in [2.75, 3.05) is 31.1 Å². The lowest BCUT2D eigenvalue weighted by Crippen LogP contribution is -2.49. The highest BCUT2D eigenvalue weighted by Gasteiger charge is 2.31. The first kappa shape index (κ1) is 20.7. The number of nitrogens with zero attached hydrogens (tertiary/aromatic N) is 3. The van der Waals surface area contributed by atoms with Crippen molar-refractivity contribution in [3.63, 3.8) is 0 Å². The fourth-order valence-corrected chi connectivity index (χ4v) is 4.15. The number of hydrogen-bond acceptors (Lipinski definition) is 4. The van der Waals surface area contributed by atoms with E-state index in [0.717, 1.165) is 34.9 Å². The second-order valence-electron chi connectivity index (χ2n) is 7.66. The smallest absolute Gasteiger partial charge is 0.416 e. The Morgan fingerprint density at radius 3 is 2.22 bits per heavy atom. The van der Waals surface area contributed by atoms with Crippen molar-refractivity contribution in [3.05, 3.63) is 82.9 Å². The Labute approximate surface area is 188 Å². The molecule has 2 heterocycles. The Morgan fingerprint density at radius 2 is 1.50 bits per heavy atom. The van der Waals surface area contributed by atoms with Gasteiger partial charge in [-0.3, -0.25) is 0 Å². The quantitative estimate of drug-likeness (QED) is 0.425. The molecule has 32 heavy (non-hydrogen) atoms. The molecule has 0 aromatic heterocycles. The lowest BCUT2D eigenvalue weighted by molar-refractivity contribution is -0.137. The van der Waals surface area contributed by atoms with Crippen molar-refractivity contribution in [3.8, 4) is 11.5 Å². The Kier molecular flexibility index (Phi) is 5.21. The third-order valence-electron chi connectivity index (χ3n) is 5.63. The molecule has 5 rings (SSSR count). The molecule has 0 amide bonds. The van der Waals surface area contributed by atoms with Crippen LogP contribution in [-0.2, 0) is 6.18 Å². The molecular formula is C24H19ClF3N3O. The fraction of sp³-hybridized carbons (Fsp3) is 0.208. The molecule has 0 radical (unpaired) electrons. The standard InChI is InChI=1S/C24H19ClF3N3O/c25-17-7-10-21-19(15-17)23(29-20-3-1-2-4-22(20)32-21)31-13-11-30(12-14-31)18-8-5-16(6-9-18)24(26,27)28/h1-10,15H,11-14H2.